The number of carbonyl (C=O) groups is 1. The molecule has 0 aliphatic carbocycles. The van der Waals surface area contributed by atoms with Crippen molar-refractivity contribution in [3.05, 3.63) is 18.3 Å². The molecule has 3 N–H and O–H groups in total. The second-order valence-corrected chi connectivity index (χ2v) is 4.93. The van der Waals surface area contributed by atoms with Crippen LogP contribution in [-0.4, -0.2) is 36.3 Å². The van der Waals surface area contributed by atoms with Gasteiger partial charge in [0, 0.05) is 6.61 Å². The van der Waals surface area contributed by atoms with Crippen molar-refractivity contribution in [3.63, 3.8) is 0 Å². The van der Waals surface area contributed by atoms with Gasteiger partial charge >= 0.3 is 0 Å². The summed E-state index contributed by atoms with van der Waals surface area (Å²) in [5.74, 6) is 0.217. The molecule has 0 bridgehead atoms. The topological polar surface area (TPSA) is 86.5 Å². The van der Waals surface area contributed by atoms with Crippen LogP contribution in [0.3, 0.4) is 0 Å². The van der Waals surface area contributed by atoms with Crippen LogP contribution >= 0.6 is 0 Å². The predicted octanol–water partition coefficient (Wildman–Crippen LogP) is 1.58. The summed E-state index contributed by atoms with van der Waals surface area (Å²) in [6, 6.07) is 3.34. The summed E-state index contributed by atoms with van der Waals surface area (Å²) in [6.07, 6.45) is 4.36. The first kappa shape index (κ1) is 14.7. The Balaban J connectivity index is 1.75. The van der Waals surface area contributed by atoms with E-state index in [4.69, 9.17) is 15.2 Å². The molecule has 2 unspecified atom stereocenters. The number of nitrogens with zero attached hydrogens (tertiary/aromatic N) is 1. The Hall–Kier alpha value is -1.66. The number of amides is 1. The molecule has 1 aliphatic rings. The summed E-state index contributed by atoms with van der Waals surface area (Å²) < 4.78 is 11.1. The molecular formula is C14H21N3O3. The molecule has 1 aliphatic heterocycles. The fraction of sp³-hybridized carbons (Fsp3) is 0.571. The minimum atomic E-state index is -0.530. The van der Waals surface area contributed by atoms with Crippen LogP contribution in [0, 0.1) is 0 Å². The Morgan fingerprint density at radius 1 is 1.60 bits per heavy atom. The number of hydrogen-bond acceptors (Lipinski definition) is 5. The van der Waals surface area contributed by atoms with Crippen LogP contribution in [-0.2, 0) is 14.3 Å². The molecule has 1 aromatic heterocycles. The first-order chi connectivity index (χ1) is 9.65. The fourth-order valence-electron chi connectivity index (χ4n) is 1.99. The zero-order valence-corrected chi connectivity index (χ0v) is 11.7. The van der Waals surface area contributed by atoms with Gasteiger partial charge in [-0.1, -0.05) is 0 Å². The zero-order valence-electron chi connectivity index (χ0n) is 11.7. The van der Waals surface area contributed by atoms with Crippen LogP contribution in [0.2, 0.25) is 0 Å². The Morgan fingerprint density at radius 2 is 2.45 bits per heavy atom. The van der Waals surface area contributed by atoms with Crippen LogP contribution in [0.25, 0.3) is 0 Å². The molecule has 0 aromatic carbocycles. The Labute approximate surface area is 118 Å². The lowest BCUT2D eigenvalue weighted by atomic mass is 10.1. The summed E-state index contributed by atoms with van der Waals surface area (Å²) in [5, 5.41) is 2.73. The van der Waals surface area contributed by atoms with Gasteiger partial charge in [0.1, 0.15) is 11.9 Å². The third-order valence-corrected chi connectivity index (χ3v) is 3.23. The van der Waals surface area contributed by atoms with Gasteiger partial charge in [-0.15, -0.1) is 0 Å². The van der Waals surface area contributed by atoms with Crippen molar-refractivity contribution < 1.29 is 14.3 Å². The van der Waals surface area contributed by atoms with Crippen molar-refractivity contribution in [1.29, 1.82) is 0 Å². The maximum Gasteiger partial charge on any atom is 0.253 e. The molecule has 2 rings (SSSR count). The normalized spacial score (nSPS) is 20.4. The molecule has 0 radical (unpaired) electrons. The first-order valence-corrected chi connectivity index (χ1v) is 6.91. The Morgan fingerprint density at radius 3 is 3.10 bits per heavy atom. The fourth-order valence-corrected chi connectivity index (χ4v) is 1.99. The minimum Gasteiger partial charge on any atom is -0.384 e. The SMILES string of the molecule is CC(OCC1CCCCO1)C(=O)Nc1ccc(N)nc1. The van der Waals surface area contributed by atoms with Crippen LogP contribution in [0.1, 0.15) is 26.2 Å². The minimum absolute atomic E-state index is 0.109. The smallest absolute Gasteiger partial charge is 0.253 e. The summed E-state index contributed by atoms with van der Waals surface area (Å²) in [5.41, 5.74) is 6.09. The highest BCUT2D eigenvalue weighted by molar-refractivity contribution is 5.93. The van der Waals surface area contributed by atoms with Crippen LogP contribution in [0.5, 0.6) is 0 Å². The quantitative estimate of drug-likeness (QED) is 0.854. The van der Waals surface area contributed by atoms with Crippen molar-refractivity contribution >= 4 is 17.4 Å². The number of aromatic nitrogens is 1. The lowest BCUT2D eigenvalue weighted by molar-refractivity contribution is -0.130. The molecule has 1 aromatic rings. The molecule has 6 nitrogen and oxygen atoms in total. The molecule has 110 valence electrons. The molecule has 6 heteroatoms. The third kappa shape index (κ3) is 4.47. The van der Waals surface area contributed by atoms with Gasteiger partial charge in [-0.05, 0) is 38.3 Å². The van der Waals surface area contributed by atoms with Crippen molar-refractivity contribution in [2.75, 3.05) is 24.3 Å². The number of nitrogen functional groups attached to an aromatic ring is 1. The lowest BCUT2D eigenvalue weighted by Gasteiger charge is -2.23. The third-order valence-electron chi connectivity index (χ3n) is 3.23. The predicted molar refractivity (Wildman–Crippen MR) is 76.3 cm³/mol. The molecule has 0 spiro atoms. The standard InChI is InChI=1S/C14H21N3O3/c1-10(20-9-12-4-2-3-7-19-12)14(18)17-11-5-6-13(15)16-8-11/h5-6,8,10,12H,2-4,7,9H2,1H3,(H2,15,16)(H,17,18). The molecule has 0 saturated carbocycles. The van der Waals surface area contributed by atoms with Gasteiger partial charge in [0.15, 0.2) is 0 Å². The molecule has 1 amide bonds. The lowest BCUT2D eigenvalue weighted by Crippen LogP contribution is -2.32. The molecule has 2 heterocycles. The van der Waals surface area contributed by atoms with E-state index < -0.39 is 6.10 Å². The van der Waals surface area contributed by atoms with Crippen LogP contribution < -0.4 is 11.1 Å². The number of carbonyl (C=O) groups excluding carboxylic acids is 1. The van der Waals surface area contributed by atoms with E-state index in [1.807, 2.05) is 0 Å². The zero-order chi connectivity index (χ0) is 14.4. The summed E-state index contributed by atoms with van der Waals surface area (Å²) in [7, 11) is 0. The molecule has 20 heavy (non-hydrogen) atoms. The molecule has 1 saturated heterocycles. The van der Waals surface area contributed by atoms with Crippen molar-refractivity contribution in [1.82, 2.24) is 4.98 Å². The second kappa shape index (κ2) is 7.21. The van der Waals surface area contributed by atoms with Crippen LogP contribution in [0.15, 0.2) is 18.3 Å². The molecule has 1 fully saturated rings. The molecular weight excluding hydrogens is 258 g/mol. The number of nitrogens with two attached hydrogens (primary N) is 1. The van der Waals surface area contributed by atoms with Gasteiger partial charge in [0.05, 0.1) is 24.6 Å². The summed E-state index contributed by atoms with van der Waals surface area (Å²) in [6.45, 7) is 2.96. The highest BCUT2D eigenvalue weighted by Gasteiger charge is 2.18. The van der Waals surface area contributed by atoms with Crippen molar-refractivity contribution in [2.45, 2.75) is 38.4 Å². The van der Waals surface area contributed by atoms with Gasteiger partial charge < -0.3 is 20.5 Å². The maximum absolute atomic E-state index is 11.9. The molecule has 2 atom stereocenters. The first-order valence-electron chi connectivity index (χ1n) is 6.91. The van der Waals surface area contributed by atoms with Gasteiger partial charge in [-0.2, -0.15) is 0 Å². The highest BCUT2D eigenvalue weighted by atomic mass is 16.5. The van der Waals surface area contributed by atoms with E-state index in [1.165, 1.54) is 6.20 Å². The van der Waals surface area contributed by atoms with E-state index in [1.54, 1.807) is 19.1 Å². The second-order valence-electron chi connectivity index (χ2n) is 4.93. The Kier molecular flexibility index (Phi) is 5.31. The van der Waals surface area contributed by atoms with Gasteiger partial charge in [0.2, 0.25) is 0 Å². The monoisotopic (exact) mass is 279 g/mol. The van der Waals surface area contributed by atoms with Crippen molar-refractivity contribution in [2.24, 2.45) is 0 Å². The van der Waals surface area contributed by atoms with E-state index in [9.17, 15) is 4.79 Å². The average Bonchev–Trinajstić information content (AvgIpc) is 2.48. The van der Waals surface area contributed by atoms with Gasteiger partial charge in [-0.25, -0.2) is 4.98 Å². The van der Waals surface area contributed by atoms with E-state index in [2.05, 4.69) is 10.3 Å². The van der Waals surface area contributed by atoms with E-state index >= 15 is 0 Å². The Bertz CT molecular complexity index is 430. The maximum atomic E-state index is 11.9. The average molecular weight is 279 g/mol. The van der Waals surface area contributed by atoms with Crippen molar-refractivity contribution in [3.8, 4) is 0 Å². The van der Waals surface area contributed by atoms with E-state index in [0.29, 0.717) is 18.1 Å². The van der Waals surface area contributed by atoms with Gasteiger partial charge in [-0.3, -0.25) is 4.79 Å². The van der Waals surface area contributed by atoms with Crippen LogP contribution in [0.4, 0.5) is 11.5 Å². The van der Waals surface area contributed by atoms with E-state index in [-0.39, 0.29) is 12.0 Å². The highest BCUT2D eigenvalue weighted by Crippen LogP contribution is 2.14. The van der Waals surface area contributed by atoms with E-state index in [0.717, 1.165) is 25.9 Å². The number of rotatable bonds is 5. The number of ether oxygens (including phenoxy) is 2. The summed E-state index contributed by atoms with van der Waals surface area (Å²) >= 11 is 0. The number of nitrogens with one attached hydrogen (secondary N) is 1. The summed E-state index contributed by atoms with van der Waals surface area (Å²) in [4.78, 5) is 15.8. The number of pyridine rings is 1. The van der Waals surface area contributed by atoms with Gasteiger partial charge in [0.25, 0.3) is 5.91 Å². The largest absolute Gasteiger partial charge is 0.384 e. The number of anilines is 2. The number of hydrogen-bond donors (Lipinski definition) is 2.